The minimum absolute atomic E-state index is 0.602. The molecule has 0 fully saturated rings. The standard InChI is InChI=1S/C10H8O4/c11-10(14-12)9-6-5-7-3-1-2-4-8(7)13-9/h1-6,9,12H. The van der Waals surface area contributed by atoms with Crippen LogP contribution in [-0.4, -0.2) is 17.3 Å². The van der Waals surface area contributed by atoms with Crippen molar-refractivity contribution in [2.45, 2.75) is 6.10 Å². The summed E-state index contributed by atoms with van der Waals surface area (Å²) in [6.07, 6.45) is 2.41. The lowest BCUT2D eigenvalue weighted by atomic mass is 10.1. The van der Waals surface area contributed by atoms with Crippen molar-refractivity contribution < 1.29 is 19.7 Å². The zero-order chi connectivity index (χ0) is 9.97. The van der Waals surface area contributed by atoms with Crippen molar-refractivity contribution in [3.8, 4) is 5.75 Å². The van der Waals surface area contributed by atoms with Gasteiger partial charge >= 0.3 is 5.97 Å². The number of carbonyl (C=O) groups excluding carboxylic acids is 1. The van der Waals surface area contributed by atoms with Crippen molar-refractivity contribution in [1.82, 2.24) is 0 Å². The summed E-state index contributed by atoms with van der Waals surface area (Å²) in [4.78, 5) is 14.5. The van der Waals surface area contributed by atoms with Gasteiger partial charge in [-0.05, 0) is 12.1 Å². The van der Waals surface area contributed by atoms with Crippen molar-refractivity contribution in [3.05, 3.63) is 35.9 Å². The van der Waals surface area contributed by atoms with Gasteiger partial charge in [-0.2, -0.15) is 5.26 Å². The Morgan fingerprint density at radius 2 is 2.21 bits per heavy atom. The van der Waals surface area contributed by atoms with E-state index in [0.29, 0.717) is 5.75 Å². The van der Waals surface area contributed by atoms with Gasteiger partial charge in [-0.25, -0.2) is 4.79 Å². The van der Waals surface area contributed by atoms with E-state index in [9.17, 15) is 4.79 Å². The molecular weight excluding hydrogens is 184 g/mol. The van der Waals surface area contributed by atoms with Gasteiger partial charge in [0.05, 0.1) is 0 Å². The monoisotopic (exact) mass is 192 g/mol. The predicted octanol–water partition coefficient (Wildman–Crippen LogP) is 1.48. The van der Waals surface area contributed by atoms with Crippen LogP contribution >= 0.6 is 0 Å². The Hall–Kier alpha value is -1.81. The third kappa shape index (κ3) is 1.47. The van der Waals surface area contributed by atoms with E-state index in [1.807, 2.05) is 12.1 Å². The number of hydrogen-bond donors (Lipinski definition) is 1. The summed E-state index contributed by atoms with van der Waals surface area (Å²) in [6, 6.07) is 7.29. The van der Waals surface area contributed by atoms with Gasteiger partial charge in [0.15, 0.2) is 0 Å². The first-order chi connectivity index (χ1) is 6.81. The molecule has 1 aromatic rings. The number of benzene rings is 1. The molecule has 1 aliphatic heterocycles. The Morgan fingerprint density at radius 3 is 3.00 bits per heavy atom. The molecule has 1 aliphatic rings. The van der Waals surface area contributed by atoms with Crippen molar-refractivity contribution in [2.24, 2.45) is 0 Å². The summed E-state index contributed by atoms with van der Waals surface area (Å²) in [7, 11) is 0. The van der Waals surface area contributed by atoms with Gasteiger partial charge in [0, 0.05) is 5.56 Å². The van der Waals surface area contributed by atoms with Crippen LogP contribution < -0.4 is 4.74 Å². The summed E-state index contributed by atoms with van der Waals surface area (Å²) < 4.78 is 5.26. The maximum atomic E-state index is 10.9. The van der Waals surface area contributed by atoms with Gasteiger partial charge < -0.3 is 4.74 Å². The van der Waals surface area contributed by atoms with E-state index in [1.165, 1.54) is 6.08 Å². The van der Waals surface area contributed by atoms with Gasteiger partial charge in [-0.1, -0.05) is 24.3 Å². The van der Waals surface area contributed by atoms with Crippen LogP contribution in [0.5, 0.6) is 5.75 Å². The number of ether oxygens (including phenoxy) is 1. The zero-order valence-electron chi connectivity index (χ0n) is 7.21. The molecule has 1 atom stereocenters. The minimum Gasteiger partial charge on any atom is -0.474 e. The lowest BCUT2D eigenvalue weighted by molar-refractivity contribution is -0.239. The van der Waals surface area contributed by atoms with Crippen LogP contribution in [0.3, 0.4) is 0 Å². The Bertz CT molecular complexity index is 383. The summed E-state index contributed by atoms with van der Waals surface area (Å²) in [6.45, 7) is 0. The first-order valence-electron chi connectivity index (χ1n) is 4.10. The Morgan fingerprint density at radius 1 is 1.43 bits per heavy atom. The normalized spacial score (nSPS) is 18.2. The van der Waals surface area contributed by atoms with E-state index in [-0.39, 0.29) is 0 Å². The topological polar surface area (TPSA) is 55.8 Å². The Balaban J connectivity index is 2.25. The highest BCUT2D eigenvalue weighted by atomic mass is 17.1. The van der Waals surface area contributed by atoms with Gasteiger partial charge in [0.25, 0.3) is 0 Å². The van der Waals surface area contributed by atoms with Crippen LogP contribution in [0.4, 0.5) is 0 Å². The Labute approximate surface area is 80.3 Å². The molecule has 0 aromatic heterocycles. The summed E-state index contributed by atoms with van der Waals surface area (Å²) >= 11 is 0. The number of carbonyl (C=O) groups is 1. The zero-order valence-corrected chi connectivity index (χ0v) is 7.21. The molecule has 0 amide bonds. The average Bonchev–Trinajstić information content (AvgIpc) is 2.27. The van der Waals surface area contributed by atoms with Crippen LogP contribution in [0.25, 0.3) is 6.08 Å². The third-order valence-electron chi connectivity index (χ3n) is 1.95. The fourth-order valence-electron chi connectivity index (χ4n) is 1.27. The second kappa shape index (κ2) is 3.51. The molecule has 0 bridgehead atoms. The summed E-state index contributed by atoms with van der Waals surface area (Å²) in [5.74, 6) is -0.221. The highest BCUT2D eigenvalue weighted by Crippen LogP contribution is 2.25. The highest BCUT2D eigenvalue weighted by molar-refractivity contribution is 5.80. The molecule has 0 aliphatic carbocycles. The molecule has 0 spiro atoms. The van der Waals surface area contributed by atoms with E-state index >= 15 is 0 Å². The van der Waals surface area contributed by atoms with Gasteiger partial charge in [-0.15, -0.1) is 0 Å². The van der Waals surface area contributed by atoms with Gasteiger partial charge in [-0.3, -0.25) is 4.89 Å². The largest absolute Gasteiger partial charge is 0.474 e. The number of para-hydroxylation sites is 1. The second-order valence-corrected chi connectivity index (χ2v) is 2.85. The Kier molecular flexibility index (Phi) is 2.20. The molecule has 0 radical (unpaired) electrons. The molecule has 1 N–H and O–H groups in total. The molecule has 4 heteroatoms. The first-order valence-corrected chi connectivity index (χ1v) is 4.10. The van der Waals surface area contributed by atoms with Crippen LogP contribution in [-0.2, 0) is 9.68 Å². The average molecular weight is 192 g/mol. The van der Waals surface area contributed by atoms with Crippen LogP contribution in [0.1, 0.15) is 5.56 Å². The molecular formula is C10H8O4. The summed E-state index contributed by atoms with van der Waals surface area (Å²) in [5, 5.41) is 8.17. The van der Waals surface area contributed by atoms with Gasteiger partial charge in [0.1, 0.15) is 5.75 Å². The first kappa shape index (κ1) is 8.77. The van der Waals surface area contributed by atoms with Crippen molar-refractivity contribution in [3.63, 3.8) is 0 Å². The molecule has 2 rings (SSSR count). The maximum Gasteiger partial charge on any atom is 0.386 e. The lowest BCUT2D eigenvalue weighted by Gasteiger charge is -2.18. The van der Waals surface area contributed by atoms with Crippen molar-refractivity contribution in [2.75, 3.05) is 0 Å². The van der Waals surface area contributed by atoms with Gasteiger partial charge in [0.2, 0.25) is 6.10 Å². The fourth-order valence-corrected chi connectivity index (χ4v) is 1.27. The molecule has 14 heavy (non-hydrogen) atoms. The number of hydrogen-bond acceptors (Lipinski definition) is 4. The summed E-state index contributed by atoms with van der Waals surface area (Å²) in [5.41, 5.74) is 0.898. The molecule has 1 unspecified atom stereocenters. The molecule has 0 saturated carbocycles. The SMILES string of the molecule is O=C(OO)C1C=Cc2ccccc2O1. The maximum absolute atomic E-state index is 10.9. The molecule has 4 nitrogen and oxygen atoms in total. The van der Waals surface area contributed by atoms with Crippen LogP contribution in [0, 0.1) is 0 Å². The smallest absolute Gasteiger partial charge is 0.386 e. The molecule has 0 saturated heterocycles. The second-order valence-electron chi connectivity index (χ2n) is 2.85. The van der Waals surface area contributed by atoms with Crippen LogP contribution in [0.15, 0.2) is 30.3 Å². The van der Waals surface area contributed by atoms with E-state index < -0.39 is 12.1 Å². The molecule has 72 valence electrons. The fraction of sp³-hybridized carbons (Fsp3) is 0.100. The van der Waals surface area contributed by atoms with Crippen molar-refractivity contribution in [1.29, 1.82) is 0 Å². The van der Waals surface area contributed by atoms with Crippen molar-refractivity contribution >= 4 is 12.0 Å². The quantitative estimate of drug-likeness (QED) is 0.540. The predicted molar refractivity (Wildman–Crippen MR) is 48.6 cm³/mol. The van der Waals surface area contributed by atoms with E-state index in [2.05, 4.69) is 4.89 Å². The lowest BCUT2D eigenvalue weighted by Crippen LogP contribution is -2.28. The van der Waals surface area contributed by atoms with E-state index in [4.69, 9.17) is 9.99 Å². The molecule has 1 aromatic carbocycles. The van der Waals surface area contributed by atoms with E-state index in [0.717, 1.165) is 5.56 Å². The van der Waals surface area contributed by atoms with E-state index in [1.54, 1.807) is 18.2 Å². The highest BCUT2D eigenvalue weighted by Gasteiger charge is 2.23. The van der Waals surface area contributed by atoms with Crippen LogP contribution in [0.2, 0.25) is 0 Å². The minimum atomic E-state index is -0.866. The number of fused-ring (bicyclic) bond motifs is 1. The number of rotatable bonds is 1. The third-order valence-corrected chi connectivity index (χ3v) is 1.95. The molecule has 1 heterocycles.